The predicted molar refractivity (Wildman–Crippen MR) is 138 cm³/mol. The molecule has 1 N–H and O–H groups in total. The Labute approximate surface area is 205 Å². The van der Waals surface area contributed by atoms with E-state index in [1.807, 2.05) is 75.4 Å². The minimum absolute atomic E-state index is 0.0652. The molecule has 0 aliphatic carbocycles. The van der Waals surface area contributed by atoms with Gasteiger partial charge in [-0.2, -0.15) is 0 Å². The van der Waals surface area contributed by atoms with E-state index in [0.29, 0.717) is 25.1 Å². The van der Waals surface area contributed by atoms with E-state index in [2.05, 4.69) is 16.0 Å². The minimum Gasteiger partial charge on any atom is -0.494 e. The van der Waals surface area contributed by atoms with Gasteiger partial charge in [-0.15, -0.1) is 0 Å². The summed E-state index contributed by atoms with van der Waals surface area (Å²) in [4.78, 5) is 17.3. The summed E-state index contributed by atoms with van der Waals surface area (Å²) in [7, 11) is 0. The van der Waals surface area contributed by atoms with E-state index in [-0.39, 0.29) is 5.91 Å². The summed E-state index contributed by atoms with van der Waals surface area (Å²) in [5.41, 5.74) is 5.91. The fourth-order valence-electron chi connectivity index (χ4n) is 4.06. The van der Waals surface area contributed by atoms with Crippen molar-refractivity contribution in [2.75, 3.05) is 13.2 Å². The van der Waals surface area contributed by atoms with E-state index in [0.717, 1.165) is 57.3 Å². The summed E-state index contributed by atoms with van der Waals surface area (Å²) in [6, 6.07) is 19.7. The summed E-state index contributed by atoms with van der Waals surface area (Å²) in [6.07, 6.45) is 1.49. The minimum atomic E-state index is -0.0652. The number of rotatable bonds is 9. The van der Waals surface area contributed by atoms with Crippen LogP contribution in [-0.4, -0.2) is 28.6 Å². The van der Waals surface area contributed by atoms with Gasteiger partial charge in [-0.05, 0) is 74.7 Å². The molecule has 0 unspecified atom stereocenters. The van der Waals surface area contributed by atoms with E-state index in [9.17, 15) is 4.79 Å². The summed E-state index contributed by atoms with van der Waals surface area (Å²) >= 11 is 6.26. The highest BCUT2D eigenvalue weighted by Crippen LogP contribution is 2.26. The van der Waals surface area contributed by atoms with Crippen molar-refractivity contribution in [1.82, 2.24) is 14.9 Å². The van der Waals surface area contributed by atoms with E-state index >= 15 is 0 Å². The number of aromatic nitrogens is 2. The smallest absolute Gasteiger partial charge is 0.251 e. The third-order valence-electron chi connectivity index (χ3n) is 5.89. The Morgan fingerprint density at radius 2 is 1.74 bits per heavy atom. The van der Waals surface area contributed by atoms with Crippen LogP contribution < -0.4 is 10.1 Å². The van der Waals surface area contributed by atoms with Crippen molar-refractivity contribution in [1.29, 1.82) is 0 Å². The number of aryl methyl sites for hydroxylation is 4. The molecule has 0 spiro atoms. The molecule has 3 aromatic carbocycles. The Morgan fingerprint density at radius 1 is 1.03 bits per heavy atom. The van der Waals surface area contributed by atoms with Crippen molar-refractivity contribution in [2.24, 2.45) is 0 Å². The maximum absolute atomic E-state index is 12.5. The van der Waals surface area contributed by atoms with Crippen LogP contribution in [0.1, 0.15) is 39.3 Å². The molecule has 5 nitrogen and oxygen atoms in total. The van der Waals surface area contributed by atoms with Crippen molar-refractivity contribution in [2.45, 2.75) is 40.2 Å². The van der Waals surface area contributed by atoms with Crippen LogP contribution in [0.5, 0.6) is 5.75 Å². The molecule has 0 aliphatic heterocycles. The highest BCUT2D eigenvalue weighted by atomic mass is 35.5. The molecular weight excluding hydrogens is 446 g/mol. The zero-order valence-electron chi connectivity index (χ0n) is 19.9. The summed E-state index contributed by atoms with van der Waals surface area (Å²) in [6.45, 7) is 7.89. The molecule has 1 amide bonds. The maximum Gasteiger partial charge on any atom is 0.251 e. The van der Waals surface area contributed by atoms with Crippen LogP contribution in [0.15, 0.2) is 60.7 Å². The number of para-hydroxylation sites is 2. The number of imidazole rings is 1. The van der Waals surface area contributed by atoms with E-state index in [1.165, 1.54) is 0 Å². The molecule has 1 heterocycles. The van der Waals surface area contributed by atoms with Gasteiger partial charge in [0.1, 0.15) is 11.6 Å². The molecule has 4 aromatic rings. The zero-order valence-corrected chi connectivity index (χ0v) is 20.7. The fourth-order valence-corrected chi connectivity index (χ4v) is 4.17. The number of nitrogens with one attached hydrogen (secondary N) is 1. The Kier molecular flexibility index (Phi) is 7.53. The zero-order chi connectivity index (χ0) is 24.1. The number of halogens is 1. The Balaban J connectivity index is 1.38. The second-order valence-corrected chi connectivity index (χ2v) is 8.99. The summed E-state index contributed by atoms with van der Waals surface area (Å²) in [5, 5.41) is 3.80. The number of hydrogen-bond acceptors (Lipinski definition) is 3. The summed E-state index contributed by atoms with van der Waals surface area (Å²) < 4.78 is 8.22. The third kappa shape index (κ3) is 5.60. The first kappa shape index (κ1) is 23.8. The first-order valence-electron chi connectivity index (χ1n) is 11.6. The number of hydrogen-bond donors (Lipinski definition) is 1. The largest absolute Gasteiger partial charge is 0.494 e. The molecule has 0 bridgehead atoms. The number of carbonyl (C=O) groups excluding carboxylic acids is 1. The second-order valence-electron chi connectivity index (χ2n) is 8.61. The predicted octanol–water partition coefficient (Wildman–Crippen LogP) is 6.06. The molecule has 1 aromatic heterocycles. The molecule has 0 saturated carbocycles. The van der Waals surface area contributed by atoms with Gasteiger partial charge in [0.25, 0.3) is 5.91 Å². The molecule has 176 valence electrons. The average molecular weight is 476 g/mol. The monoisotopic (exact) mass is 475 g/mol. The highest BCUT2D eigenvalue weighted by molar-refractivity contribution is 6.32. The van der Waals surface area contributed by atoms with E-state index in [4.69, 9.17) is 21.3 Å². The quantitative estimate of drug-likeness (QED) is 0.299. The molecule has 0 atom stereocenters. The van der Waals surface area contributed by atoms with Gasteiger partial charge in [0.15, 0.2) is 0 Å². The summed E-state index contributed by atoms with van der Waals surface area (Å²) in [5.74, 6) is 1.74. The first-order valence-corrected chi connectivity index (χ1v) is 12.0. The molecule has 0 radical (unpaired) electrons. The van der Waals surface area contributed by atoms with Crippen molar-refractivity contribution in [3.8, 4) is 5.75 Å². The fraction of sp³-hybridized carbons (Fsp3) is 0.286. The van der Waals surface area contributed by atoms with Gasteiger partial charge in [-0.1, -0.05) is 41.4 Å². The second kappa shape index (κ2) is 10.7. The van der Waals surface area contributed by atoms with Crippen LogP contribution in [0.4, 0.5) is 0 Å². The third-order valence-corrected chi connectivity index (χ3v) is 6.48. The lowest BCUT2D eigenvalue weighted by Crippen LogP contribution is -2.26. The lowest BCUT2D eigenvalue weighted by molar-refractivity contribution is 0.0954. The van der Waals surface area contributed by atoms with Crippen LogP contribution in [0, 0.1) is 20.8 Å². The lowest BCUT2D eigenvalue weighted by Gasteiger charge is -2.12. The van der Waals surface area contributed by atoms with Crippen LogP contribution >= 0.6 is 11.6 Å². The van der Waals surface area contributed by atoms with Crippen LogP contribution in [0.3, 0.4) is 0 Å². The van der Waals surface area contributed by atoms with Gasteiger partial charge in [-0.3, -0.25) is 4.79 Å². The number of fused-ring (bicyclic) bond motifs is 1. The van der Waals surface area contributed by atoms with Gasteiger partial charge in [0.2, 0.25) is 0 Å². The van der Waals surface area contributed by atoms with Gasteiger partial charge >= 0.3 is 0 Å². The van der Waals surface area contributed by atoms with Crippen molar-refractivity contribution in [3.05, 3.63) is 93.8 Å². The first-order chi connectivity index (χ1) is 16.4. The molecule has 0 saturated heterocycles. The topological polar surface area (TPSA) is 56.2 Å². The SMILES string of the molecule is Cc1ccc(C(=O)NCCc2nc3ccccc3n2CCCOc2cc(C)c(Cl)c(C)c2)cc1. The van der Waals surface area contributed by atoms with Crippen LogP contribution in [0.2, 0.25) is 5.02 Å². The van der Waals surface area contributed by atoms with Crippen molar-refractivity contribution in [3.63, 3.8) is 0 Å². The Bertz CT molecular complexity index is 1270. The molecular formula is C28H30ClN3O2. The molecule has 6 heteroatoms. The van der Waals surface area contributed by atoms with Gasteiger partial charge in [0.05, 0.1) is 17.6 Å². The Morgan fingerprint density at radius 3 is 2.47 bits per heavy atom. The number of amides is 1. The van der Waals surface area contributed by atoms with Gasteiger partial charge in [0, 0.05) is 30.1 Å². The number of ether oxygens (including phenoxy) is 1. The van der Waals surface area contributed by atoms with Crippen molar-refractivity contribution >= 4 is 28.5 Å². The van der Waals surface area contributed by atoms with E-state index in [1.54, 1.807) is 0 Å². The number of nitrogens with zero attached hydrogens (tertiary/aromatic N) is 2. The molecule has 34 heavy (non-hydrogen) atoms. The van der Waals surface area contributed by atoms with Crippen LogP contribution in [0.25, 0.3) is 11.0 Å². The van der Waals surface area contributed by atoms with Gasteiger partial charge < -0.3 is 14.6 Å². The normalized spacial score (nSPS) is 11.1. The average Bonchev–Trinajstić information content (AvgIpc) is 3.18. The van der Waals surface area contributed by atoms with Gasteiger partial charge in [-0.25, -0.2) is 4.98 Å². The molecule has 0 fully saturated rings. The van der Waals surface area contributed by atoms with E-state index < -0.39 is 0 Å². The van der Waals surface area contributed by atoms with Crippen LogP contribution in [-0.2, 0) is 13.0 Å². The van der Waals surface area contributed by atoms with Crippen molar-refractivity contribution < 1.29 is 9.53 Å². The maximum atomic E-state index is 12.5. The lowest BCUT2D eigenvalue weighted by atomic mass is 10.1. The Hall–Kier alpha value is -3.31. The standard InChI is InChI=1S/C28H30ClN3O2/c1-19-9-11-22(12-10-19)28(33)30-14-13-26-31-24-7-4-5-8-25(24)32(26)15-6-16-34-23-17-20(2)27(29)21(3)18-23/h4-5,7-12,17-18H,6,13-16H2,1-3H3,(H,30,33). The molecule has 0 aliphatic rings. The molecule has 4 rings (SSSR count). The number of carbonyl (C=O) groups is 1. The highest BCUT2D eigenvalue weighted by Gasteiger charge is 2.12. The number of benzene rings is 3.